The molecule has 7 nitrogen and oxygen atoms in total. The lowest BCUT2D eigenvalue weighted by Gasteiger charge is -2.31. The Hall–Kier alpha value is -2.77. The number of benzene rings is 2. The molecule has 0 saturated heterocycles. The number of aliphatic hydroxyl groups is 1. The number of hydrogen-bond acceptors (Lipinski definition) is 7. The predicted octanol–water partition coefficient (Wildman–Crippen LogP) is 6.62. The van der Waals surface area contributed by atoms with Gasteiger partial charge in [-0.05, 0) is 68.6 Å². The second-order valence-corrected chi connectivity index (χ2v) is 11.6. The van der Waals surface area contributed by atoms with Crippen LogP contribution in [0.3, 0.4) is 0 Å². The molecule has 0 spiro atoms. The molecular weight excluding hydrogens is 496 g/mol. The zero-order valence-electron chi connectivity index (χ0n) is 21.6. The molecule has 2 aromatic carbocycles. The third kappa shape index (κ3) is 4.68. The summed E-state index contributed by atoms with van der Waals surface area (Å²) in [6.45, 7) is 5.86. The van der Waals surface area contributed by atoms with Gasteiger partial charge in [-0.15, -0.1) is 0 Å². The van der Waals surface area contributed by atoms with Gasteiger partial charge in [-0.3, -0.25) is 4.79 Å². The van der Waals surface area contributed by atoms with E-state index in [1.54, 1.807) is 24.3 Å². The largest absolute Gasteiger partial charge is 0.495 e. The lowest BCUT2D eigenvalue weighted by Crippen LogP contribution is -2.36. The van der Waals surface area contributed by atoms with Crippen molar-refractivity contribution in [2.75, 3.05) is 7.11 Å². The highest BCUT2D eigenvalue weighted by atomic mass is 35.5. The fourth-order valence-electron chi connectivity index (χ4n) is 6.23. The number of halogens is 1. The molecule has 4 atom stereocenters. The van der Waals surface area contributed by atoms with Crippen molar-refractivity contribution < 1.29 is 33.6 Å². The van der Waals surface area contributed by atoms with Gasteiger partial charge in [0, 0.05) is 22.2 Å². The van der Waals surface area contributed by atoms with Crippen LogP contribution < -0.4 is 14.2 Å². The first-order valence-corrected chi connectivity index (χ1v) is 13.3. The highest BCUT2D eigenvalue weighted by molar-refractivity contribution is 6.30. The minimum Gasteiger partial charge on any atom is -0.495 e. The van der Waals surface area contributed by atoms with Crippen LogP contribution in [-0.2, 0) is 16.1 Å². The summed E-state index contributed by atoms with van der Waals surface area (Å²) in [6.07, 6.45) is 3.75. The first kappa shape index (κ1) is 25.9. The van der Waals surface area contributed by atoms with Gasteiger partial charge in [0.25, 0.3) is 0 Å². The van der Waals surface area contributed by atoms with Gasteiger partial charge in [-0.1, -0.05) is 31.9 Å². The maximum atomic E-state index is 13.4. The van der Waals surface area contributed by atoms with Crippen molar-refractivity contribution in [1.29, 1.82) is 0 Å². The number of hydrogen-bond donors (Lipinski definition) is 1. The Balaban J connectivity index is 1.53. The first-order valence-electron chi connectivity index (χ1n) is 12.9. The van der Waals surface area contributed by atoms with E-state index in [9.17, 15) is 14.7 Å². The number of ether oxygens (including phenoxy) is 4. The number of rotatable bonds is 6. The van der Waals surface area contributed by atoms with E-state index in [2.05, 4.69) is 0 Å². The lowest BCUT2D eigenvalue weighted by atomic mass is 9.75. The number of carbonyl (C=O) groups is 2. The molecule has 2 saturated carbocycles. The second-order valence-electron chi connectivity index (χ2n) is 11.2. The van der Waals surface area contributed by atoms with E-state index in [-0.39, 0.29) is 47.1 Å². The summed E-state index contributed by atoms with van der Waals surface area (Å²) in [5, 5.41) is 11.1. The summed E-state index contributed by atoms with van der Waals surface area (Å²) in [4.78, 5) is 26.5. The van der Waals surface area contributed by atoms with E-state index in [0.717, 1.165) is 19.3 Å². The summed E-state index contributed by atoms with van der Waals surface area (Å²) in [6, 6.07) is 6.46. The van der Waals surface area contributed by atoms with E-state index >= 15 is 0 Å². The second kappa shape index (κ2) is 9.84. The molecule has 1 N–H and O–H groups in total. The topological polar surface area (TPSA) is 91.3 Å². The van der Waals surface area contributed by atoms with Gasteiger partial charge < -0.3 is 24.1 Å². The molecule has 5 rings (SSSR count). The van der Waals surface area contributed by atoms with Crippen LogP contribution in [0.5, 0.6) is 23.0 Å². The van der Waals surface area contributed by atoms with Gasteiger partial charge in [-0.2, -0.15) is 0 Å². The standard InChI is InChI=1S/C29H33ClO7/c1-15(2)9-21(31)20-7-8-22-24(26(20)34-4)27(32)35-14-17-11-19(30)12-23(25(17)36-22)37-28(33)29(3)13-16-5-6-18(29)10-16/h7-8,11-12,15-16,18,21,31H,5-6,9-10,13-14H2,1-4H3. The van der Waals surface area contributed by atoms with E-state index in [4.69, 9.17) is 30.5 Å². The third-order valence-electron chi connectivity index (χ3n) is 8.10. The van der Waals surface area contributed by atoms with Crippen LogP contribution in [0.2, 0.25) is 5.02 Å². The summed E-state index contributed by atoms with van der Waals surface area (Å²) < 4.78 is 23.4. The summed E-state index contributed by atoms with van der Waals surface area (Å²) in [5.74, 6) is 0.983. The van der Waals surface area contributed by atoms with E-state index in [0.29, 0.717) is 34.4 Å². The minimum atomic E-state index is -0.830. The molecule has 0 radical (unpaired) electrons. The van der Waals surface area contributed by atoms with Crippen LogP contribution in [0.25, 0.3) is 0 Å². The smallest absolute Gasteiger partial charge is 0.346 e. The third-order valence-corrected chi connectivity index (χ3v) is 8.32. The maximum absolute atomic E-state index is 13.4. The summed E-state index contributed by atoms with van der Waals surface area (Å²) >= 11 is 6.36. The maximum Gasteiger partial charge on any atom is 0.346 e. The van der Waals surface area contributed by atoms with Crippen LogP contribution in [0.1, 0.15) is 80.5 Å². The van der Waals surface area contributed by atoms with Gasteiger partial charge >= 0.3 is 11.9 Å². The molecule has 2 fully saturated rings. The molecule has 4 unspecified atom stereocenters. The van der Waals surface area contributed by atoms with Crippen molar-refractivity contribution in [2.45, 2.75) is 65.6 Å². The van der Waals surface area contributed by atoms with Gasteiger partial charge in [-0.25, -0.2) is 4.79 Å². The summed E-state index contributed by atoms with van der Waals surface area (Å²) in [7, 11) is 1.43. The molecule has 2 bridgehead atoms. The quantitative estimate of drug-likeness (QED) is 0.332. The molecular formula is C29H33ClO7. The zero-order valence-corrected chi connectivity index (χ0v) is 22.4. The van der Waals surface area contributed by atoms with Crippen LogP contribution in [0.4, 0.5) is 0 Å². The fourth-order valence-corrected chi connectivity index (χ4v) is 6.46. The number of carbonyl (C=O) groups excluding carboxylic acids is 2. The van der Waals surface area contributed by atoms with Crippen molar-refractivity contribution in [1.82, 2.24) is 0 Å². The molecule has 2 aliphatic carbocycles. The Morgan fingerprint density at radius 1 is 1.27 bits per heavy atom. The molecule has 1 heterocycles. The normalized spacial score (nSPS) is 24.9. The van der Waals surface area contributed by atoms with Crippen molar-refractivity contribution in [3.05, 3.63) is 46.0 Å². The number of fused-ring (bicyclic) bond motifs is 4. The van der Waals surface area contributed by atoms with Crippen LogP contribution in [0, 0.1) is 23.2 Å². The fraction of sp³-hybridized carbons (Fsp3) is 0.517. The van der Waals surface area contributed by atoms with Gasteiger partial charge in [0.15, 0.2) is 11.5 Å². The molecule has 0 aromatic heterocycles. The molecule has 0 amide bonds. The molecule has 37 heavy (non-hydrogen) atoms. The summed E-state index contributed by atoms with van der Waals surface area (Å²) in [5.41, 5.74) is 0.480. The number of esters is 2. The van der Waals surface area contributed by atoms with E-state index in [1.165, 1.54) is 13.5 Å². The Kier molecular flexibility index (Phi) is 6.88. The zero-order chi connectivity index (χ0) is 26.5. The number of aliphatic hydroxyl groups excluding tert-OH is 1. The Labute approximate surface area is 222 Å². The minimum absolute atomic E-state index is 0.0701. The van der Waals surface area contributed by atoms with E-state index < -0.39 is 17.5 Å². The molecule has 198 valence electrons. The SMILES string of the molecule is COc1c(C(O)CC(C)C)ccc2c1C(=O)OCc1cc(Cl)cc(OC(=O)C3(C)CC4CCC3C4)c1O2. The first-order chi connectivity index (χ1) is 17.6. The Bertz CT molecular complexity index is 1240. The number of cyclic esters (lactones) is 1. The monoisotopic (exact) mass is 528 g/mol. The van der Waals surface area contributed by atoms with Crippen LogP contribution >= 0.6 is 11.6 Å². The van der Waals surface area contributed by atoms with Crippen molar-refractivity contribution in [3.8, 4) is 23.0 Å². The Morgan fingerprint density at radius 2 is 2.05 bits per heavy atom. The van der Waals surface area contributed by atoms with Crippen molar-refractivity contribution in [3.63, 3.8) is 0 Å². The predicted molar refractivity (Wildman–Crippen MR) is 137 cm³/mol. The average Bonchev–Trinajstić information content (AvgIpc) is 3.43. The highest BCUT2D eigenvalue weighted by Gasteiger charge is 2.53. The van der Waals surface area contributed by atoms with Crippen molar-refractivity contribution in [2.24, 2.45) is 23.2 Å². The molecule has 1 aliphatic heterocycles. The van der Waals surface area contributed by atoms with Crippen LogP contribution in [-0.4, -0.2) is 24.2 Å². The lowest BCUT2D eigenvalue weighted by molar-refractivity contribution is -0.148. The molecule has 3 aliphatic rings. The average molecular weight is 529 g/mol. The van der Waals surface area contributed by atoms with Crippen molar-refractivity contribution >= 4 is 23.5 Å². The highest BCUT2D eigenvalue weighted by Crippen LogP contribution is 2.56. The number of methoxy groups -OCH3 is 1. The Morgan fingerprint density at radius 3 is 2.70 bits per heavy atom. The van der Waals surface area contributed by atoms with Crippen LogP contribution in [0.15, 0.2) is 24.3 Å². The van der Waals surface area contributed by atoms with E-state index in [1.807, 2.05) is 20.8 Å². The van der Waals surface area contributed by atoms with Gasteiger partial charge in [0.1, 0.15) is 23.7 Å². The van der Waals surface area contributed by atoms with Gasteiger partial charge in [0.05, 0.1) is 18.6 Å². The van der Waals surface area contributed by atoms with Gasteiger partial charge in [0.2, 0.25) is 0 Å². The molecule has 8 heteroatoms. The molecule has 2 aromatic rings.